The summed E-state index contributed by atoms with van der Waals surface area (Å²) in [5, 5.41) is 13.1. The zero-order chi connectivity index (χ0) is 25.7. The number of anilines is 3. The Labute approximate surface area is 209 Å². The van der Waals surface area contributed by atoms with Crippen LogP contribution in [-0.4, -0.2) is 26.7 Å². The number of hydrogen-bond donors (Lipinski definition) is 3. The molecule has 0 saturated carbocycles. The number of aromatic nitrogens is 3. The first-order valence-electron chi connectivity index (χ1n) is 11.3. The lowest BCUT2D eigenvalue weighted by atomic mass is 9.92. The van der Waals surface area contributed by atoms with Crippen molar-refractivity contribution >= 4 is 29.1 Å². The standard InChI is InChI=1S/C27H27N6O3/c1-18(34)29-19-5-9-21(10-6-19)33-25(17-24(32-33)27(2,3)4)31-26(35)30-20-7-11-22(12-8-20)36-23-13-15-28-16-14-23/h5-17H,1H2,2-4H3,(H,29,34)(H2,30,31,35). The molecule has 1 radical (unpaired) electrons. The lowest BCUT2D eigenvalue weighted by Gasteiger charge is -2.14. The average Bonchev–Trinajstić information content (AvgIpc) is 3.25. The van der Waals surface area contributed by atoms with Gasteiger partial charge in [-0.1, -0.05) is 20.8 Å². The van der Waals surface area contributed by atoms with Crippen LogP contribution >= 0.6 is 0 Å². The predicted octanol–water partition coefficient (Wildman–Crippen LogP) is 5.77. The van der Waals surface area contributed by atoms with Gasteiger partial charge in [-0.2, -0.15) is 5.10 Å². The van der Waals surface area contributed by atoms with Crippen molar-refractivity contribution in [1.29, 1.82) is 0 Å². The molecule has 3 N–H and O–H groups in total. The number of amides is 3. The van der Waals surface area contributed by atoms with Crippen molar-refractivity contribution in [2.45, 2.75) is 26.2 Å². The Balaban J connectivity index is 1.49. The Morgan fingerprint density at radius 2 is 1.42 bits per heavy atom. The molecule has 183 valence electrons. The molecule has 2 aromatic carbocycles. The molecule has 4 aromatic rings. The SMILES string of the molecule is [CH2]C(=O)Nc1ccc(-n2nc(C(C)(C)C)cc2NC(=O)Nc2ccc(Oc3ccncc3)cc2)cc1. The van der Waals surface area contributed by atoms with Gasteiger partial charge in [0.2, 0.25) is 5.91 Å². The smallest absolute Gasteiger partial charge is 0.324 e. The summed E-state index contributed by atoms with van der Waals surface area (Å²) in [6, 6.07) is 19.1. The second-order valence-corrected chi connectivity index (χ2v) is 9.06. The van der Waals surface area contributed by atoms with Crippen LogP contribution in [0.5, 0.6) is 11.5 Å². The molecule has 0 unspecified atom stereocenters. The Morgan fingerprint density at radius 1 is 0.833 bits per heavy atom. The molecule has 2 aromatic heterocycles. The fourth-order valence-electron chi connectivity index (χ4n) is 3.31. The van der Waals surface area contributed by atoms with Crippen LogP contribution in [0.2, 0.25) is 0 Å². The molecule has 0 atom stereocenters. The molecule has 0 spiro atoms. The van der Waals surface area contributed by atoms with Crippen molar-refractivity contribution in [3.8, 4) is 17.2 Å². The van der Waals surface area contributed by atoms with Crippen molar-refractivity contribution in [2.24, 2.45) is 0 Å². The first-order valence-corrected chi connectivity index (χ1v) is 11.3. The van der Waals surface area contributed by atoms with Gasteiger partial charge < -0.3 is 15.4 Å². The fourth-order valence-corrected chi connectivity index (χ4v) is 3.31. The van der Waals surface area contributed by atoms with E-state index in [0.717, 1.165) is 11.4 Å². The highest BCUT2D eigenvalue weighted by molar-refractivity contribution is 5.99. The number of pyridine rings is 1. The summed E-state index contributed by atoms with van der Waals surface area (Å²) in [7, 11) is 0. The largest absolute Gasteiger partial charge is 0.457 e. The minimum atomic E-state index is -0.416. The summed E-state index contributed by atoms with van der Waals surface area (Å²) in [6.45, 7) is 9.46. The molecule has 0 aliphatic rings. The van der Waals surface area contributed by atoms with Gasteiger partial charge >= 0.3 is 6.03 Å². The molecular weight excluding hydrogens is 456 g/mol. The van der Waals surface area contributed by atoms with E-state index in [1.165, 1.54) is 0 Å². The van der Waals surface area contributed by atoms with Crippen LogP contribution in [0.1, 0.15) is 26.5 Å². The van der Waals surface area contributed by atoms with Gasteiger partial charge in [0.1, 0.15) is 17.3 Å². The first-order chi connectivity index (χ1) is 17.2. The maximum absolute atomic E-state index is 12.8. The number of rotatable bonds is 6. The summed E-state index contributed by atoms with van der Waals surface area (Å²) in [6.07, 6.45) is 3.31. The average molecular weight is 484 g/mol. The van der Waals surface area contributed by atoms with Crippen LogP contribution in [-0.2, 0) is 10.2 Å². The Hall–Kier alpha value is -4.66. The molecule has 9 nitrogen and oxygen atoms in total. The number of ether oxygens (including phenoxy) is 1. The third-order valence-corrected chi connectivity index (χ3v) is 5.11. The molecule has 9 heteroatoms. The minimum Gasteiger partial charge on any atom is -0.457 e. The Bertz CT molecular complexity index is 1340. The normalized spacial score (nSPS) is 11.0. The third-order valence-electron chi connectivity index (χ3n) is 5.11. The Morgan fingerprint density at radius 3 is 2.03 bits per heavy atom. The predicted molar refractivity (Wildman–Crippen MR) is 140 cm³/mol. The van der Waals surface area contributed by atoms with Gasteiger partial charge in [0.15, 0.2) is 0 Å². The van der Waals surface area contributed by atoms with Crippen LogP contribution in [0.15, 0.2) is 79.1 Å². The van der Waals surface area contributed by atoms with Crippen LogP contribution in [0.25, 0.3) is 5.69 Å². The third kappa shape index (κ3) is 6.26. The number of carbonyl (C=O) groups is 2. The van der Waals surface area contributed by atoms with Crippen LogP contribution in [0.3, 0.4) is 0 Å². The highest BCUT2D eigenvalue weighted by atomic mass is 16.5. The molecule has 0 aliphatic carbocycles. The topological polar surface area (TPSA) is 110 Å². The summed E-state index contributed by atoms with van der Waals surface area (Å²) in [5.41, 5.74) is 2.52. The minimum absolute atomic E-state index is 0.232. The van der Waals surface area contributed by atoms with E-state index in [1.54, 1.807) is 77.7 Å². The van der Waals surface area contributed by atoms with Crippen molar-refractivity contribution in [3.63, 3.8) is 0 Å². The summed E-state index contributed by atoms with van der Waals surface area (Å²) >= 11 is 0. The molecule has 0 fully saturated rings. The summed E-state index contributed by atoms with van der Waals surface area (Å²) in [5.74, 6) is 1.42. The molecule has 4 rings (SSSR count). The lowest BCUT2D eigenvalue weighted by Crippen LogP contribution is -2.21. The van der Waals surface area contributed by atoms with Gasteiger partial charge in [0.05, 0.1) is 11.4 Å². The van der Waals surface area contributed by atoms with Gasteiger partial charge in [0.25, 0.3) is 0 Å². The molecule has 36 heavy (non-hydrogen) atoms. The van der Waals surface area contributed by atoms with Crippen LogP contribution < -0.4 is 20.7 Å². The van der Waals surface area contributed by atoms with Crippen molar-refractivity contribution in [3.05, 3.63) is 91.7 Å². The number of nitrogens with one attached hydrogen (secondary N) is 3. The molecule has 3 amide bonds. The van der Waals surface area contributed by atoms with Crippen molar-refractivity contribution in [1.82, 2.24) is 14.8 Å². The number of carbonyl (C=O) groups excluding carboxylic acids is 2. The van der Waals surface area contributed by atoms with E-state index >= 15 is 0 Å². The monoisotopic (exact) mass is 483 g/mol. The van der Waals surface area contributed by atoms with E-state index in [9.17, 15) is 9.59 Å². The van der Waals surface area contributed by atoms with E-state index in [4.69, 9.17) is 9.84 Å². The van der Waals surface area contributed by atoms with Gasteiger partial charge in [0, 0.05) is 42.2 Å². The summed E-state index contributed by atoms with van der Waals surface area (Å²) in [4.78, 5) is 28.0. The van der Waals surface area contributed by atoms with E-state index in [-0.39, 0.29) is 5.41 Å². The van der Waals surface area contributed by atoms with Crippen molar-refractivity contribution < 1.29 is 14.3 Å². The second kappa shape index (κ2) is 10.3. The fraction of sp³-hybridized carbons (Fsp3) is 0.148. The van der Waals surface area contributed by atoms with Gasteiger partial charge in [-0.15, -0.1) is 0 Å². The molecular formula is C27H27N6O3. The van der Waals surface area contributed by atoms with E-state index in [1.807, 2.05) is 26.8 Å². The highest BCUT2D eigenvalue weighted by Gasteiger charge is 2.21. The first kappa shape index (κ1) is 24.5. The summed E-state index contributed by atoms with van der Waals surface area (Å²) < 4.78 is 7.41. The zero-order valence-electron chi connectivity index (χ0n) is 20.3. The maximum Gasteiger partial charge on any atom is 0.324 e. The zero-order valence-corrected chi connectivity index (χ0v) is 20.3. The van der Waals surface area contributed by atoms with Gasteiger partial charge in [-0.05, 0) is 60.7 Å². The molecule has 2 heterocycles. The van der Waals surface area contributed by atoms with Gasteiger partial charge in [-0.25, -0.2) is 9.48 Å². The number of nitrogens with zero attached hydrogens (tertiary/aromatic N) is 3. The lowest BCUT2D eigenvalue weighted by molar-refractivity contribution is -0.112. The molecule has 0 bridgehead atoms. The van der Waals surface area contributed by atoms with E-state index < -0.39 is 11.9 Å². The number of urea groups is 1. The maximum atomic E-state index is 12.8. The highest BCUT2D eigenvalue weighted by Crippen LogP contribution is 2.27. The van der Waals surface area contributed by atoms with E-state index in [2.05, 4.69) is 27.9 Å². The van der Waals surface area contributed by atoms with Crippen LogP contribution in [0.4, 0.5) is 22.0 Å². The second-order valence-electron chi connectivity index (χ2n) is 9.06. The Kier molecular flexibility index (Phi) is 7.00. The quantitative estimate of drug-likeness (QED) is 0.322. The van der Waals surface area contributed by atoms with Crippen LogP contribution in [0, 0.1) is 6.92 Å². The van der Waals surface area contributed by atoms with E-state index in [0.29, 0.717) is 28.7 Å². The molecule has 0 saturated heterocycles. The number of benzene rings is 2. The van der Waals surface area contributed by atoms with Gasteiger partial charge in [-0.3, -0.25) is 15.1 Å². The number of hydrogen-bond acceptors (Lipinski definition) is 5. The molecule has 0 aliphatic heterocycles. The van der Waals surface area contributed by atoms with Crippen molar-refractivity contribution in [2.75, 3.05) is 16.0 Å².